The number of aromatic carboxylic acids is 1. The number of nitrogens with one attached hydrogen (secondary N) is 1. The number of halogens is 2. The molecule has 0 unspecified atom stereocenters. The summed E-state index contributed by atoms with van der Waals surface area (Å²) in [5.41, 5.74) is 5.79. The molecule has 0 bridgehead atoms. The zero-order valence-electron chi connectivity index (χ0n) is 9.54. The molecule has 0 heterocycles. The zero-order valence-corrected chi connectivity index (χ0v) is 12.7. The van der Waals surface area contributed by atoms with Gasteiger partial charge in [0.05, 0.1) is 17.3 Å². The molecule has 1 rings (SSSR count). The number of hydrogen-bond acceptors (Lipinski definition) is 3. The predicted molar refractivity (Wildman–Crippen MR) is 75.7 cm³/mol. The summed E-state index contributed by atoms with van der Waals surface area (Å²) in [7, 11) is 0. The first kappa shape index (κ1) is 15.1. The van der Waals surface area contributed by atoms with Crippen LogP contribution in [-0.4, -0.2) is 23.0 Å². The Morgan fingerprint density at radius 2 is 2.06 bits per heavy atom. The van der Waals surface area contributed by atoms with E-state index in [1.807, 2.05) is 0 Å². The third-order valence-electron chi connectivity index (χ3n) is 2.31. The Morgan fingerprint density at radius 1 is 1.44 bits per heavy atom. The van der Waals surface area contributed by atoms with Crippen LogP contribution < -0.4 is 11.1 Å². The van der Waals surface area contributed by atoms with Crippen molar-refractivity contribution in [2.75, 3.05) is 5.32 Å². The van der Waals surface area contributed by atoms with Gasteiger partial charge < -0.3 is 16.2 Å². The molecule has 98 valence electrons. The van der Waals surface area contributed by atoms with Crippen molar-refractivity contribution in [3.8, 4) is 0 Å². The van der Waals surface area contributed by atoms with Gasteiger partial charge in [0.2, 0.25) is 5.91 Å². The fourth-order valence-corrected chi connectivity index (χ4v) is 2.59. The quantitative estimate of drug-likeness (QED) is 0.749. The Bertz CT molecular complexity index is 491. The summed E-state index contributed by atoms with van der Waals surface area (Å²) < 4.78 is 1.08. The number of anilines is 1. The highest BCUT2D eigenvalue weighted by atomic mass is 79.9. The Balaban J connectivity index is 3.15. The molecule has 7 heteroatoms. The number of carboxylic acids is 1. The van der Waals surface area contributed by atoms with E-state index in [1.165, 1.54) is 6.07 Å². The van der Waals surface area contributed by atoms with Gasteiger partial charge in [-0.25, -0.2) is 4.79 Å². The number of carboxylic acid groups (broad SMARTS) is 1. The van der Waals surface area contributed by atoms with E-state index in [2.05, 4.69) is 37.2 Å². The first-order chi connectivity index (χ1) is 8.36. The number of carbonyl (C=O) groups excluding carboxylic acids is 1. The van der Waals surface area contributed by atoms with Gasteiger partial charge in [0, 0.05) is 8.95 Å². The fraction of sp³-hybridized carbons (Fsp3) is 0.273. The highest BCUT2D eigenvalue weighted by Gasteiger charge is 2.19. The molecule has 0 aromatic heterocycles. The second-order valence-electron chi connectivity index (χ2n) is 3.62. The van der Waals surface area contributed by atoms with Gasteiger partial charge in [-0.1, -0.05) is 22.9 Å². The number of benzene rings is 1. The molecule has 4 N–H and O–H groups in total. The van der Waals surface area contributed by atoms with Crippen LogP contribution in [-0.2, 0) is 4.79 Å². The summed E-state index contributed by atoms with van der Waals surface area (Å²) >= 11 is 6.41. The van der Waals surface area contributed by atoms with Crippen LogP contribution >= 0.6 is 31.9 Å². The number of carbonyl (C=O) groups is 2. The smallest absolute Gasteiger partial charge is 0.337 e. The summed E-state index contributed by atoms with van der Waals surface area (Å²) in [5.74, 6) is -1.54. The van der Waals surface area contributed by atoms with E-state index in [0.717, 1.165) is 0 Å². The first-order valence-corrected chi connectivity index (χ1v) is 6.74. The molecule has 1 atom stereocenters. The minimum atomic E-state index is -1.13. The lowest BCUT2D eigenvalue weighted by Crippen LogP contribution is -2.35. The lowest BCUT2D eigenvalue weighted by molar-refractivity contribution is -0.117. The molecule has 0 radical (unpaired) electrons. The lowest BCUT2D eigenvalue weighted by Gasteiger charge is -2.14. The van der Waals surface area contributed by atoms with Crippen molar-refractivity contribution in [3.63, 3.8) is 0 Å². The van der Waals surface area contributed by atoms with Gasteiger partial charge in [-0.3, -0.25) is 4.79 Å². The lowest BCUT2D eigenvalue weighted by atomic mass is 10.1. The highest BCUT2D eigenvalue weighted by Crippen LogP contribution is 2.31. The minimum Gasteiger partial charge on any atom is -0.478 e. The van der Waals surface area contributed by atoms with E-state index in [9.17, 15) is 9.59 Å². The molecule has 0 aliphatic heterocycles. The van der Waals surface area contributed by atoms with Gasteiger partial charge in [0.25, 0.3) is 0 Å². The molecule has 1 amide bonds. The maximum atomic E-state index is 11.7. The second kappa shape index (κ2) is 6.31. The van der Waals surface area contributed by atoms with E-state index >= 15 is 0 Å². The summed E-state index contributed by atoms with van der Waals surface area (Å²) in [6.45, 7) is 1.78. The van der Waals surface area contributed by atoms with E-state index in [1.54, 1.807) is 13.0 Å². The van der Waals surface area contributed by atoms with Crippen molar-refractivity contribution in [3.05, 3.63) is 26.6 Å². The van der Waals surface area contributed by atoms with Crippen molar-refractivity contribution in [1.82, 2.24) is 0 Å². The van der Waals surface area contributed by atoms with Crippen LogP contribution in [0.5, 0.6) is 0 Å². The maximum Gasteiger partial charge on any atom is 0.337 e. The molecule has 0 aliphatic carbocycles. The monoisotopic (exact) mass is 378 g/mol. The summed E-state index contributed by atoms with van der Waals surface area (Å²) in [6, 6.07) is 2.40. The molecule has 0 fully saturated rings. The molecule has 0 spiro atoms. The van der Waals surface area contributed by atoms with E-state index in [4.69, 9.17) is 10.8 Å². The van der Waals surface area contributed by atoms with Gasteiger partial charge in [0.15, 0.2) is 0 Å². The van der Waals surface area contributed by atoms with Crippen molar-refractivity contribution in [2.45, 2.75) is 19.4 Å². The number of rotatable bonds is 4. The second-order valence-corrected chi connectivity index (χ2v) is 5.39. The molecule has 0 saturated heterocycles. The van der Waals surface area contributed by atoms with Crippen molar-refractivity contribution in [1.29, 1.82) is 0 Å². The predicted octanol–water partition coefficient (Wildman–Crippen LogP) is 2.59. The average molecular weight is 380 g/mol. The molecule has 0 aliphatic rings. The van der Waals surface area contributed by atoms with Crippen molar-refractivity contribution in [2.24, 2.45) is 5.73 Å². The molecule has 1 aromatic carbocycles. The topological polar surface area (TPSA) is 92.4 Å². The van der Waals surface area contributed by atoms with Crippen LogP contribution in [0.2, 0.25) is 0 Å². The van der Waals surface area contributed by atoms with Crippen LogP contribution in [0.4, 0.5) is 5.69 Å². The Hall–Kier alpha value is -0.920. The third-order valence-corrected chi connectivity index (χ3v) is 3.39. The van der Waals surface area contributed by atoms with Gasteiger partial charge in [-0.2, -0.15) is 0 Å². The van der Waals surface area contributed by atoms with Crippen LogP contribution in [0.25, 0.3) is 0 Å². The van der Waals surface area contributed by atoms with Gasteiger partial charge in [-0.05, 0) is 34.5 Å². The summed E-state index contributed by atoms with van der Waals surface area (Å²) in [5, 5.41) is 11.6. The molecule has 5 nitrogen and oxygen atoms in total. The molecule has 18 heavy (non-hydrogen) atoms. The van der Waals surface area contributed by atoms with Crippen molar-refractivity contribution < 1.29 is 14.7 Å². The Morgan fingerprint density at radius 3 is 2.56 bits per heavy atom. The van der Waals surface area contributed by atoms with E-state index in [0.29, 0.717) is 15.4 Å². The van der Waals surface area contributed by atoms with Crippen molar-refractivity contribution >= 4 is 49.4 Å². The number of hydrogen-bond donors (Lipinski definition) is 3. The van der Waals surface area contributed by atoms with E-state index in [-0.39, 0.29) is 11.3 Å². The SMILES string of the molecule is CC[C@@H](N)C(=O)Nc1c(Br)cc(Br)cc1C(=O)O. The summed E-state index contributed by atoms with van der Waals surface area (Å²) in [6.07, 6.45) is 0.475. The number of nitrogens with two attached hydrogens (primary N) is 1. The van der Waals surface area contributed by atoms with Gasteiger partial charge in [0.1, 0.15) is 0 Å². The van der Waals surface area contributed by atoms with E-state index < -0.39 is 17.9 Å². The largest absolute Gasteiger partial charge is 0.478 e. The molecular weight excluding hydrogens is 368 g/mol. The molecule has 0 saturated carbocycles. The van der Waals surface area contributed by atoms with Crippen LogP contribution in [0, 0.1) is 0 Å². The zero-order chi connectivity index (χ0) is 13.9. The molecular formula is C11H12Br2N2O3. The Kier molecular flexibility index (Phi) is 5.30. The fourth-order valence-electron chi connectivity index (χ4n) is 1.27. The first-order valence-electron chi connectivity index (χ1n) is 5.15. The third kappa shape index (κ3) is 3.54. The maximum absolute atomic E-state index is 11.7. The van der Waals surface area contributed by atoms with Crippen LogP contribution in [0.1, 0.15) is 23.7 Å². The van der Waals surface area contributed by atoms with Gasteiger partial charge >= 0.3 is 5.97 Å². The normalized spacial score (nSPS) is 12.0. The average Bonchev–Trinajstić information content (AvgIpc) is 2.30. The summed E-state index contributed by atoms with van der Waals surface area (Å²) in [4.78, 5) is 22.8. The minimum absolute atomic E-state index is 0.00657. The molecule has 1 aromatic rings. The van der Waals surface area contributed by atoms with Gasteiger partial charge in [-0.15, -0.1) is 0 Å². The Labute approximate surface area is 121 Å². The number of amides is 1. The van der Waals surface area contributed by atoms with Crippen LogP contribution in [0.3, 0.4) is 0 Å². The highest BCUT2D eigenvalue weighted by molar-refractivity contribution is 9.11. The van der Waals surface area contributed by atoms with Crippen LogP contribution in [0.15, 0.2) is 21.1 Å². The standard InChI is InChI=1S/C11H12Br2N2O3/c1-2-8(14)10(16)15-9-6(11(17)18)3-5(12)4-7(9)13/h3-4,8H,2,14H2,1H3,(H,15,16)(H,17,18)/t8-/m1/s1.